The predicted molar refractivity (Wildman–Crippen MR) is 92.7 cm³/mol. The van der Waals surface area contributed by atoms with Gasteiger partial charge in [0.2, 0.25) is 5.63 Å². The van der Waals surface area contributed by atoms with Gasteiger partial charge in [-0.2, -0.15) is 0 Å². The molecule has 4 aromatic rings. The topological polar surface area (TPSA) is 26.0 Å². The van der Waals surface area contributed by atoms with E-state index in [-0.39, 0.29) is 0 Å². The highest BCUT2D eigenvalue weighted by molar-refractivity contribution is 7.79. The Morgan fingerprint density at radius 1 is 0.636 bits per heavy atom. The number of aromatic nitrogens is 1. The number of fused-ring (bicyclic) bond motifs is 1. The van der Waals surface area contributed by atoms with Crippen LogP contribution in [0.2, 0.25) is 0 Å². The van der Waals surface area contributed by atoms with E-state index in [1.165, 1.54) is 10.6 Å². The van der Waals surface area contributed by atoms with E-state index in [2.05, 4.69) is 48.5 Å². The molecule has 0 fully saturated rings. The third kappa shape index (κ3) is 2.43. The van der Waals surface area contributed by atoms with Crippen molar-refractivity contribution < 1.29 is 4.42 Å². The quantitative estimate of drug-likeness (QED) is 0.541. The van der Waals surface area contributed by atoms with Gasteiger partial charge in [-0.3, -0.25) is 0 Å². The van der Waals surface area contributed by atoms with Gasteiger partial charge in [0.05, 0.1) is 0 Å². The lowest BCUT2D eigenvalue weighted by atomic mass is 10.3. The van der Waals surface area contributed by atoms with Crippen LogP contribution in [0.3, 0.4) is 0 Å². The Labute approximate surface area is 130 Å². The zero-order chi connectivity index (χ0) is 14.8. The van der Waals surface area contributed by atoms with Crippen LogP contribution in [0.1, 0.15) is 0 Å². The largest absolute Gasteiger partial charge is 0.436 e. The number of hydrogen-bond donors (Lipinski definition) is 0. The van der Waals surface area contributed by atoms with Crippen molar-refractivity contribution in [1.29, 1.82) is 0 Å². The molecule has 22 heavy (non-hydrogen) atoms. The Morgan fingerprint density at radius 2 is 1.18 bits per heavy atom. The molecule has 4 rings (SSSR count). The van der Waals surface area contributed by atoms with Crippen LogP contribution < -0.4 is 16.2 Å². The summed E-state index contributed by atoms with van der Waals surface area (Å²) in [6.45, 7) is 0. The molecule has 0 aliphatic carbocycles. The first-order chi connectivity index (χ1) is 10.9. The van der Waals surface area contributed by atoms with Gasteiger partial charge in [0.1, 0.15) is 5.52 Å². The first kappa shape index (κ1) is 13.2. The number of nitrogens with zero attached hydrogens (tertiary/aromatic N) is 1. The summed E-state index contributed by atoms with van der Waals surface area (Å²) in [4.78, 5) is 4.73. The van der Waals surface area contributed by atoms with E-state index in [9.17, 15) is 0 Å². The van der Waals surface area contributed by atoms with Gasteiger partial charge in [0, 0.05) is 7.92 Å². The van der Waals surface area contributed by atoms with Crippen molar-refractivity contribution in [2.75, 3.05) is 0 Å². The van der Waals surface area contributed by atoms with Crippen molar-refractivity contribution >= 4 is 35.3 Å². The Hall–Kier alpha value is -2.44. The molecular formula is C19H14NOP. The van der Waals surface area contributed by atoms with Crippen LogP contribution >= 0.6 is 7.92 Å². The molecule has 0 radical (unpaired) electrons. The highest BCUT2D eigenvalue weighted by Gasteiger charge is 2.21. The minimum atomic E-state index is -0.771. The first-order valence-electron chi connectivity index (χ1n) is 7.17. The monoisotopic (exact) mass is 303 g/mol. The molecule has 0 spiro atoms. The SMILES string of the molecule is c1ccc(P(c2ccccc2)c2nc3ccccc3o2)cc1. The van der Waals surface area contributed by atoms with Gasteiger partial charge >= 0.3 is 0 Å². The fourth-order valence-corrected chi connectivity index (χ4v) is 4.56. The molecule has 0 N–H and O–H groups in total. The summed E-state index contributed by atoms with van der Waals surface area (Å²) in [5.74, 6) is 0. The molecule has 0 bridgehead atoms. The van der Waals surface area contributed by atoms with Crippen molar-refractivity contribution in [2.24, 2.45) is 0 Å². The van der Waals surface area contributed by atoms with E-state index in [4.69, 9.17) is 9.40 Å². The maximum Gasteiger partial charge on any atom is 0.226 e. The number of benzene rings is 3. The number of oxazole rings is 1. The van der Waals surface area contributed by atoms with Crippen molar-refractivity contribution in [3.05, 3.63) is 84.9 Å². The maximum atomic E-state index is 6.06. The highest BCUT2D eigenvalue weighted by Crippen LogP contribution is 2.33. The van der Waals surface area contributed by atoms with E-state index in [1.54, 1.807) is 0 Å². The second kappa shape index (κ2) is 5.75. The highest BCUT2D eigenvalue weighted by atomic mass is 31.1. The second-order valence-corrected chi connectivity index (χ2v) is 7.06. The predicted octanol–water partition coefficient (Wildman–Crippen LogP) is 3.59. The normalized spacial score (nSPS) is 11.1. The Morgan fingerprint density at radius 3 is 1.77 bits per heavy atom. The van der Waals surface area contributed by atoms with Crippen LogP contribution in [0.15, 0.2) is 89.3 Å². The van der Waals surface area contributed by atoms with Crippen LogP contribution in [0.5, 0.6) is 0 Å². The lowest BCUT2D eigenvalue weighted by Crippen LogP contribution is -2.21. The number of rotatable bonds is 3. The molecule has 0 saturated carbocycles. The minimum absolute atomic E-state index is 0.771. The van der Waals surface area contributed by atoms with Gasteiger partial charge in [-0.05, 0) is 22.7 Å². The molecular weight excluding hydrogens is 289 g/mol. The van der Waals surface area contributed by atoms with E-state index < -0.39 is 7.92 Å². The van der Waals surface area contributed by atoms with Crippen LogP contribution in [-0.4, -0.2) is 4.98 Å². The van der Waals surface area contributed by atoms with Gasteiger partial charge in [0.25, 0.3) is 0 Å². The standard InChI is InChI=1S/C19H14NOP/c1-3-9-15(10-4-1)22(16-11-5-2-6-12-16)19-20-17-13-7-8-14-18(17)21-19/h1-14H. The zero-order valence-electron chi connectivity index (χ0n) is 11.9. The Balaban J connectivity index is 1.90. The molecule has 1 aromatic heterocycles. The van der Waals surface area contributed by atoms with Gasteiger partial charge in [-0.25, -0.2) is 4.98 Å². The lowest BCUT2D eigenvalue weighted by Gasteiger charge is -2.14. The molecule has 0 saturated heterocycles. The minimum Gasteiger partial charge on any atom is -0.436 e. The molecule has 2 nitrogen and oxygen atoms in total. The molecule has 0 amide bonds. The van der Waals surface area contributed by atoms with Gasteiger partial charge in [-0.15, -0.1) is 0 Å². The summed E-state index contributed by atoms with van der Waals surface area (Å²) >= 11 is 0. The summed E-state index contributed by atoms with van der Waals surface area (Å²) in [6.07, 6.45) is 0. The summed E-state index contributed by atoms with van der Waals surface area (Å²) in [5.41, 5.74) is 2.56. The van der Waals surface area contributed by atoms with E-state index in [1.807, 2.05) is 36.4 Å². The van der Waals surface area contributed by atoms with Gasteiger partial charge < -0.3 is 4.42 Å². The Bertz CT molecular complexity index is 814. The fourth-order valence-electron chi connectivity index (χ4n) is 2.48. The van der Waals surface area contributed by atoms with Crippen molar-refractivity contribution in [2.45, 2.75) is 0 Å². The maximum absolute atomic E-state index is 6.06. The second-order valence-electron chi connectivity index (χ2n) is 4.97. The van der Waals surface area contributed by atoms with E-state index >= 15 is 0 Å². The molecule has 3 aromatic carbocycles. The van der Waals surface area contributed by atoms with Crippen molar-refractivity contribution in [1.82, 2.24) is 4.98 Å². The van der Waals surface area contributed by atoms with Crippen molar-refractivity contribution in [3.63, 3.8) is 0 Å². The number of hydrogen-bond acceptors (Lipinski definition) is 2. The van der Waals surface area contributed by atoms with E-state index in [0.29, 0.717) is 0 Å². The summed E-state index contributed by atoms with van der Waals surface area (Å²) in [5, 5.41) is 2.49. The van der Waals surface area contributed by atoms with Crippen LogP contribution in [-0.2, 0) is 0 Å². The molecule has 106 valence electrons. The molecule has 0 atom stereocenters. The van der Waals surface area contributed by atoms with Crippen LogP contribution in [0, 0.1) is 0 Å². The first-order valence-corrected chi connectivity index (χ1v) is 8.52. The smallest absolute Gasteiger partial charge is 0.226 e. The fraction of sp³-hybridized carbons (Fsp3) is 0. The third-order valence-electron chi connectivity index (χ3n) is 3.50. The number of para-hydroxylation sites is 2. The molecule has 0 aliphatic heterocycles. The van der Waals surface area contributed by atoms with E-state index in [0.717, 1.165) is 16.7 Å². The zero-order valence-corrected chi connectivity index (χ0v) is 12.8. The van der Waals surface area contributed by atoms with Gasteiger partial charge in [-0.1, -0.05) is 72.8 Å². The Kier molecular flexibility index (Phi) is 3.46. The molecule has 1 heterocycles. The molecule has 3 heteroatoms. The summed E-state index contributed by atoms with van der Waals surface area (Å²) in [7, 11) is -0.771. The van der Waals surface area contributed by atoms with Crippen LogP contribution in [0.25, 0.3) is 11.1 Å². The average molecular weight is 303 g/mol. The third-order valence-corrected chi connectivity index (χ3v) is 5.71. The summed E-state index contributed by atoms with van der Waals surface area (Å²) in [6, 6.07) is 28.8. The van der Waals surface area contributed by atoms with Gasteiger partial charge in [0.15, 0.2) is 5.58 Å². The van der Waals surface area contributed by atoms with Crippen LogP contribution in [0.4, 0.5) is 0 Å². The van der Waals surface area contributed by atoms with Crippen molar-refractivity contribution in [3.8, 4) is 0 Å². The molecule has 0 unspecified atom stereocenters. The molecule has 0 aliphatic rings. The lowest BCUT2D eigenvalue weighted by molar-refractivity contribution is 0.645. The summed E-state index contributed by atoms with van der Waals surface area (Å²) < 4.78 is 6.06. The average Bonchev–Trinajstić information content (AvgIpc) is 3.00.